The van der Waals surface area contributed by atoms with Crippen LogP contribution in [0.1, 0.15) is 36.1 Å². The van der Waals surface area contributed by atoms with Crippen molar-refractivity contribution in [2.24, 2.45) is 0 Å². The summed E-state index contributed by atoms with van der Waals surface area (Å²) in [5.41, 5.74) is 5.09. The predicted molar refractivity (Wildman–Crippen MR) is 84.4 cm³/mol. The molecule has 1 aromatic carbocycles. The van der Waals surface area contributed by atoms with E-state index in [1.807, 2.05) is 12.4 Å². The van der Waals surface area contributed by atoms with Crippen LogP contribution < -0.4 is 10.1 Å². The molecule has 1 N–H and O–H groups in total. The fourth-order valence-corrected chi connectivity index (χ4v) is 2.81. The van der Waals surface area contributed by atoms with Gasteiger partial charge in [-0.15, -0.1) is 0 Å². The largest absolute Gasteiger partial charge is 0.487 e. The molecule has 2 heterocycles. The van der Waals surface area contributed by atoms with E-state index in [0.717, 1.165) is 25.3 Å². The second kappa shape index (κ2) is 5.49. The van der Waals surface area contributed by atoms with Gasteiger partial charge in [0.2, 0.25) is 0 Å². The minimum Gasteiger partial charge on any atom is -0.487 e. The summed E-state index contributed by atoms with van der Waals surface area (Å²) in [5, 5.41) is 3.50. The zero-order valence-electron chi connectivity index (χ0n) is 12.9. The van der Waals surface area contributed by atoms with E-state index in [1.54, 1.807) is 0 Å². The van der Waals surface area contributed by atoms with Crippen LogP contribution in [-0.4, -0.2) is 10.6 Å². The summed E-state index contributed by atoms with van der Waals surface area (Å²) in [6.45, 7) is 8.11. The molecular formula is C18H22N2O. The van der Waals surface area contributed by atoms with Crippen LogP contribution >= 0.6 is 0 Å². The molecule has 0 aliphatic carbocycles. The Morgan fingerprint density at radius 3 is 2.90 bits per heavy atom. The zero-order valence-corrected chi connectivity index (χ0v) is 12.9. The van der Waals surface area contributed by atoms with Gasteiger partial charge in [0.15, 0.2) is 0 Å². The summed E-state index contributed by atoms with van der Waals surface area (Å²) < 4.78 is 5.91. The fraction of sp³-hybridized carbons (Fsp3) is 0.389. The van der Waals surface area contributed by atoms with Crippen molar-refractivity contribution in [3.05, 3.63) is 58.9 Å². The topological polar surface area (TPSA) is 34.2 Å². The number of rotatable bonds is 4. The Kier molecular flexibility index (Phi) is 3.68. The molecule has 1 aliphatic rings. The number of aromatic nitrogens is 1. The van der Waals surface area contributed by atoms with Gasteiger partial charge in [0.1, 0.15) is 11.4 Å². The molecule has 0 atom stereocenters. The molecule has 0 saturated carbocycles. The van der Waals surface area contributed by atoms with Crippen LogP contribution in [0.2, 0.25) is 0 Å². The van der Waals surface area contributed by atoms with Crippen LogP contribution in [0, 0.1) is 6.92 Å². The van der Waals surface area contributed by atoms with Gasteiger partial charge in [-0.25, -0.2) is 0 Å². The lowest BCUT2D eigenvalue weighted by Crippen LogP contribution is -2.24. The third kappa shape index (κ3) is 3.24. The van der Waals surface area contributed by atoms with Crippen LogP contribution in [0.4, 0.5) is 0 Å². The molecule has 3 nitrogen and oxygen atoms in total. The molecule has 2 aromatic rings. The standard InChI is InChI=1S/C18H22N2O/c1-13-10-19-7-6-15(13)12-20-11-14-4-5-17-16(8-14)9-18(2,3)21-17/h4-8,10,20H,9,11-12H2,1-3H3. The Balaban J connectivity index is 1.61. The fourth-order valence-electron chi connectivity index (χ4n) is 2.81. The molecule has 3 rings (SSSR count). The number of benzene rings is 1. The smallest absolute Gasteiger partial charge is 0.123 e. The summed E-state index contributed by atoms with van der Waals surface area (Å²) in [7, 11) is 0. The number of pyridine rings is 1. The zero-order chi connectivity index (χ0) is 14.9. The molecule has 110 valence electrons. The molecule has 21 heavy (non-hydrogen) atoms. The number of hydrogen-bond donors (Lipinski definition) is 1. The third-order valence-electron chi connectivity index (χ3n) is 3.91. The Morgan fingerprint density at radius 2 is 2.10 bits per heavy atom. The van der Waals surface area contributed by atoms with Crippen molar-refractivity contribution in [2.45, 2.75) is 45.9 Å². The minimum absolute atomic E-state index is 0.0669. The first-order valence-corrected chi connectivity index (χ1v) is 7.44. The van der Waals surface area contributed by atoms with Gasteiger partial charge in [-0.05, 0) is 55.2 Å². The molecule has 1 aromatic heterocycles. The highest BCUT2D eigenvalue weighted by molar-refractivity contribution is 5.41. The number of nitrogens with zero attached hydrogens (tertiary/aromatic N) is 1. The molecule has 0 bridgehead atoms. The lowest BCUT2D eigenvalue weighted by Gasteiger charge is -2.16. The maximum absolute atomic E-state index is 5.91. The van der Waals surface area contributed by atoms with Crippen molar-refractivity contribution in [1.82, 2.24) is 10.3 Å². The molecule has 0 radical (unpaired) electrons. The quantitative estimate of drug-likeness (QED) is 0.933. The number of nitrogens with one attached hydrogen (secondary N) is 1. The van der Waals surface area contributed by atoms with E-state index in [0.29, 0.717) is 0 Å². The molecule has 0 fully saturated rings. The highest BCUT2D eigenvalue weighted by atomic mass is 16.5. The third-order valence-corrected chi connectivity index (χ3v) is 3.91. The van der Waals surface area contributed by atoms with Gasteiger partial charge < -0.3 is 10.1 Å². The highest BCUT2D eigenvalue weighted by Gasteiger charge is 2.29. The van der Waals surface area contributed by atoms with Crippen LogP contribution in [0.3, 0.4) is 0 Å². The van der Waals surface area contributed by atoms with Gasteiger partial charge in [-0.2, -0.15) is 0 Å². The summed E-state index contributed by atoms with van der Waals surface area (Å²) in [5.74, 6) is 1.04. The second-order valence-electron chi connectivity index (χ2n) is 6.39. The maximum Gasteiger partial charge on any atom is 0.123 e. The first kappa shape index (κ1) is 14.1. The Labute approximate surface area is 126 Å². The lowest BCUT2D eigenvalue weighted by molar-refractivity contribution is 0.138. The van der Waals surface area contributed by atoms with Gasteiger partial charge in [-0.3, -0.25) is 4.98 Å². The van der Waals surface area contributed by atoms with Crippen molar-refractivity contribution in [1.29, 1.82) is 0 Å². The molecule has 0 unspecified atom stereocenters. The van der Waals surface area contributed by atoms with E-state index < -0.39 is 0 Å². The number of fused-ring (bicyclic) bond motifs is 1. The average Bonchev–Trinajstić information content (AvgIpc) is 2.74. The van der Waals surface area contributed by atoms with E-state index in [9.17, 15) is 0 Å². The highest BCUT2D eigenvalue weighted by Crippen LogP contribution is 2.35. The van der Waals surface area contributed by atoms with Gasteiger partial charge in [0.05, 0.1) is 0 Å². The SMILES string of the molecule is Cc1cnccc1CNCc1ccc2c(c1)CC(C)(C)O2. The van der Waals surface area contributed by atoms with E-state index in [-0.39, 0.29) is 5.60 Å². The molecule has 0 spiro atoms. The van der Waals surface area contributed by atoms with Crippen molar-refractivity contribution >= 4 is 0 Å². The maximum atomic E-state index is 5.91. The normalized spacial score (nSPS) is 15.6. The first-order chi connectivity index (χ1) is 10.0. The Bertz CT molecular complexity index is 649. The number of ether oxygens (including phenoxy) is 1. The second-order valence-corrected chi connectivity index (χ2v) is 6.39. The number of hydrogen-bond acceptors (Lipinski definition) is 3. The van der Waals surface area contributed by atoms with E-state index >= 15 is 0 Å². The van der Waals surface area contributed by atoms with Crippen LogP contribution in [0.25, 0.3) is 0 Å². The monoisotopic (exact) mass is 282 g/mol. The first-order valence-electron chi connectivity index (χ1n) is 7.44. The Morgan fingerprint density at radius 1 is 1.24 bits per heavy atom. The van der Waals surface area contributed by atoms with Crippen LogP contribution in [0.15, 0.2) is 36.7 Å². The van der Waals surface area contributed by atoms with Gasteiger partial charge in [0.25, 0.3) is 0 Å². The molecule has 0 amide bonds. The van der Waals surface area contributed by atoms with Gasteiger partial charge >= 0.3 is 0 Å². The average molecular weight is 282 g/mol. The van der Waals surface area contributed by atoms with E-state index in [2.05, 4.69) is 55.3 Å². The molecule has 1 aliphatic heterocycles. The van der Waals surface area contributed by atoms with Crippen molar-refractivity contribution in [2.75, 3.05) is 0 Å². The van der Waals surface area contributed by atoms with Gasteiger partial charge in [0, 0.05) is 31.9 Å². The lowest BCUT2D eigenvalue weighted by atomic mass is 10.0. The minimum atomic E-state index is -0.0669. The van der Waals surface area contributed by atoms with Crippen molar-refractivity contribution < 1.29 is 4.74 Å². The summed E-state index contributed by atoms with van der Waals surface area (Å²) >= 11 is 0. The van der Waals surface area contributed by atoms with E-state index in [1.165, 1.54) is 22.3 Å². The van der Waals surface area contributed by atoms with Crippen LogP contribution in [0.5, 0.6) is 5.75 Å². The molecular weight excluding hydrogens is 260 g/mol. The summed E-state index contributed by atoms with van der Waals surface area (Å²) in [6, 6.07) is 8.57. The van der Waals surface area contributed by atoms with Crippen molar-refractivity contribution in [3.8, 4) is 5.75 Å². The molecule has 3 heteroatoms. The van der Waals surface area contributed by atoms with Crippen molar-refractivity contribution in [3.63, 3.8) is 0 Å². The summed E-state index contributed by atoms with van der Waals surface area (Å²) in [4.78, 5) is 4.12. The Hall–Kier alpha value is -1.87. The van der Waals surface area contributed by atoms with Gasteiger partial charge in [-0.1, -0.05) is 12.1 Å². The molecule has 0 saturated heterocycles. The van der Waals surface area contributed by atoms with E-state index in [4.69, 9.17) is 4.74 Å². The predicted octanol–water partition coefficient (Wildman–Crippen LogP) is 3.39. The number of aryl methyl sites for hydroxylation is 1. The van der Waals surface area contributed by atoms with Crippen LogP contribution in [-0.2, 0) is 19.5 Å². The summed E-state index contributed by atoms with van der Waals surface area (Å²) in [6.07, 6.45) is 4.74.